The van der Waals surface area contributed by atoms with Crippen LogP contribution < -0.4 is 32.3 Å². The van der Waals surface area contributed by atoms with E-state index < -0.39 is 7.92 Å². The molecule has 0 aliphatic heterocycles. The van der Waals surface area contributed by atoms with Crippen molar-refractivity contribution in [1.82, 2.24) is 0 Å². The molecule has 0 aliphatic rings. The van der Waals surface area contributed by atoms with Crippen molar-refractivity contribution in [3.63, 3.8) is 0 Å². The molecule has 2 heteroatoms. The predicted molar refractivity (Wildman–Crippen MR) is 236 cm³/mol. The van der Waals surface area contributed by atoms with Crippen LogP contribution in [0.5, 0.6) is 0 Å². The molecule has 0 aliphatic carbocycles. The summed E-state index contributed by atoms with van der Waals surface area (Å²) >= 11 is 0. The average Bonchev–Trinajstić information content (AvgIpc) is 3.17. The van der Waals surface area contributed by atoms with Crippen LogP contribution in [0.1, 0.15) is 55.6 Å². The summed E-state index contributed by atoms with van der Waals surface area (Å²) in [6.45, 7) is 13.4. The molecule has 54 heavy (non-hydrogen) atoms. The molecule has 0 heterocycles. The Hall–Kier alpha value is -5.85. The highest BCUT2D eigenvalue weighted by Gasteiger charge is 2.32. The molecule has 0 amide bonds. The summed E-state index contributed by atoms with van der Waals surface area (Å²) in [6.07, 6.45) is 0. The topological polar surface area (TPSA) is 0 Å². The number of hydrogen-bond donors (Lipinski definition) is 0. The van der Waals surface area contributed by atoms with Crippen molar-refractivity contribution >= 4 is 46.9 Å². The van der Waals surface area contributed by atoms with E-state index in [4.69, 9.17) is 0 Å². The monoisotopic (exact) mass is 710 g/mol. The summed E-state index contributed by atoms with van der Waals surface area (Å²) in [5.41, 5.74) is 15.6. The molecule has 0 N–H and O–H groups in total. The van der Waals surface area contributed by atoms with Gasteiger partial charge in [0, 0.05) is 27.6 Å². The molecule has 7 aromatic carbocycles. The standard InChI is InChI=1S/C52H44BP/c1-37-31-39(3)51(40(4)32-37)53(52-41(5)33-38(2)34-42(52)6)49-35-46(30-28-44-21-13-8-14-22-44)50(36-45(49)29-27-43-19-11-7-12-20-43)54(47-23-15-9-16-24-47)48-25-17-10-18-26-48/h7-26,31-36H,1-6H3. The van der Waals surface area contributed by atoms with Crippen molar-refractivity contribution in [3.8, 4) is 23.7 Å². The highest BCUT2D eigenvalue weighted by Crippen LogP contribution is 2.34. The molecule has 0 fully saturated rings. The second-order valence-electron chi connectivity index (χ2n) is 14.3. The molecule has 0 saturated carbocycles. The highest BCUT2D eigenvalue weighted by molar-refractivity contribution is 7.80. The summed E-state index contributed by atoms with van der Waals surface area (Å²) in [7, 11) is -0.972. The highest BCUT2D eigenvalue weighted by atomic mass is 31.1. The van der Waals surface area contributed by atoms with Crippen LogP contribution in [0.3, 0.4) is 0 Å². The Morgan fingerprint density at radius 1 is 0.389 bits per heavy atom. The fourth-order valence-electron chi connectivity index (χ4n) is 7.89. The molecule has 0 aromatic heterocycles. The average molecular weight is 711 g/mol. The molecule has 0 atom stereocenters. The summed E-state index contributed by atoms with van der Waals surface area (Å²) in [5.74, 6) is 14.7. The van der Waals surface area contributed by atoms with Gasteiger partial charge < -0.3 is 0 Å². The SMILES string of the molecule is Cc1cc(C)c(B(c2cc(C#Cc3ccccc3)c(P(c3ccccc3)c3ccccc3)cc2C#Cc2ccccc2)c2c(C)cc(C)cc2C)c(C)c1. The second kappa shape index (κ2) is 16.4. The third-order valence-corrected chi connectivity index (χ3v) is 12.5. The minimum absolute atomic E-state index is 0.0581. The third-order valence-electron chi connectivity index (χ3n) is 10.0. The Morgan fingerprint density at radius 2 is 0.759 bits per heavy atom. The zero-order valence-electron chi connectivity index (χ0n) is 32.0. The quantitative estimate of drug-likeness (QED) is 0.0922. The van der Waals surface area contributed by atoms with E-state index in [9.17, 15) is 0 Å². The van der Waals surface area contributed by atoms with Crippen LogP contribution in [0, 0.1) is 65.2 Å². The fraction of sp³-hybridized carbons (Fsp3) is 0.115. The second-order valence-corrected chi connectivity index (χ2v) is 16.4. The molecular weight excluding hydrogens is 666 g/mol. The van der Waals surface area contributed by atoms with Crippen LogP contribution in [0.15, 0.2) is 158 Å². The van der Waals surface area contributed by atoms with Gasteiger partial charge in [-0.3, -0.25) is 0 Å². The van der Waals surface area contributed by atoms with Gasteiger partial charge >= 0.3 is 0 Å². The van der Waals surface area contributed by atoms with Gasteiger partial charge in [-0.1, -0.05) is 195 Å². The molecule has 0 unspecified atom stereocenters. The van der Waals surface area contributed by atoms with Gasteiger partial charge in [-0.25, -0.2) is 0 Å². The van der Waals surface area contributed by atoms with Crippen LogP contribution in [0.2, 0.25) is 0 Å². The summed E-state index contributed by atoms with van der Waals surface area (Å²) in [5, 5.41) is 3.77. The van der Waals surface area contributed by atoms with Gasteiger partial charge in [-0.05, 0) is 96.5 Å². The van der Waals surface area contributed by atoms with E-state index in [1.807, 2.05) is 12.1 Å². The molecular formula is C52H44BP. The molecule has 260 valence electrons. The minimum atomic E-state index is -0.972. The first-order valence-corrected chi connectivity index (χ1v) is 20.0. The summed E-state index contributed by atoms with van der Waals surface area (Å²) in [4.78, 5) is 0. The lowest BCUT2D eigenvalue weighted by Crippen LogP contribution is -2.57. The lowest BCUT2D eigenvalue weighted by molar-refractivity contribution is 1.34. The van der Waals surface area contributed by atoms with E-state index in [0.29, 0.717) is 0 Å². The maximum atomic E-state index is 3.76. The van der Waals surface area contributed by atoms with E-state index in [-0.39, 0.29) is 6.71 Å². The Morgan fingerprint density at radius 3 is 1.17 bits per heavy atom. The van der Waals surface area contributed by atoms with E-state index in [0.717, 1.165) is 22.3 Å². The van der Waals surface area contributed by atoms with Crippen molar-refractivity contribution in [3.05, 3.63) is 213 Å². The molecule has 7 aromatic rings. The number of benzene rings is 7. The number of rotatable bonds is 6. The maximum absolute atomic E-state index is 3.76. The first-order chi connectivity index (χ1) is 26.3. The fourth-order valence-corrected chi connectivity index (χ4v) is 10.3. The first kappa shape index (κ1) is 36.5. The van der Waals surface area contributed by atoms with Crippen LogP contribution in [0.4, 0.5) is 0 Å². The number of hydrogen-bond acceptors (Lipinski definition) is 0. The van der Waals surface area contributed by atoms with Crippen molar-refractivity contribution in [2.75, 3.05) is 0 Å². The lowest BCUT2D eigenvalue weighted by Gasteiger charge is -2.27. The van der Waals surface area contributed by atoms with Gasteiger partial charge in [-0.2, -0.15) is 0 Å². The predicted octanol–water partition coefficient (Wildman–Crippen LogP) is 8.61. The minimum Gasteiger partial charge on any atom is -0.0628 e. The van der Waals surface area contributed by atoms with Crippen molar-refractivity contribution in [1.29, 1.82) is 0 Å². The Kier molecular flexibility index (Phi) is 11.1. The smallest absolute Gasteiger partial charge is 0.0628 e. The Balaban J connectivity index is 1.62. The van der Waals surface area contributed by atoms with Crippen molar-refractivity contribution in [2.24, 2.45) is 0 Å². The number of aryl methyl sites for hydroxylation is 6. The molecule has 0 bridgehead atoms. The van der Waals surface area contributed by atoms with Gasteiger partial charge in [0.1, 0.15) is 0 Å². The van der Waals surface area contributed by atoms with E-state index in [1.165, 1.54) is 65.7 Å². The Labute approximate surface area is 324 Å². The van der Waals surface area contributed by atoms with E-state index >= 15 is 0 Å². The van der Waals surface area contributed by atoms with Crippen LogP contribution >= 0.6 is 7.92 Å². The summed E-state index contributed by atoms with van der Waals surface area (Å²) in [6, 6.07) is 56.6. The van der Waals surface area contributed by atoms with E-state index in [2.05, 4.69) is 211 Å². The van der Waals surface area contributed by atoms with Gasteiger partial charge in [0.15, 0.2) is 0 Å². The summed E-state index contributed by atoms with van der Waals surface area (Å²) < 4.78 is 0. The first-order valence-electron chi connectivity index (χ1n) is 18.6. The van der Waals surface area contributed by atoms with E-state index in [1.54, 1.807) is 0 Å². The molecule has 0 nitrogen and oxygen atoms in total. The largest absolute Gasteiger partial charge is 0.244 e. The van der Waals surface area contributed by atoms with Crippen LogP contribution in [-0.4, -0.2) is 6.71 Å². The molecule has 7 rings (SSSR count). The zero-order valence-corrected chi connectivity index (χ0v) is 32.9. The normalized spacial score (nSPS) is 10.6. The third kappa shape index (κ3) is 8.05. The Bertz CT molecular complexity index is 2410. The molecule has 0 radical (unpaired) electrons. The lowest BCUT2D eigenvalue weighted by atomic mass is 9.33. The van der Waals surface area contributed by atoms with Crippen molar-refractivity contribution < 1.29 is 0 Å². The van der Waals surface area contributed by atoms with Gasteiger partial charge in [-0.15, -0.1) is 0 Å². The van der Waals surface area contributed by atoms with Gasteiger partial charge in [0.05, 0.1) is 0 Å². The zero-order chi connectivity index (χ0) is 37.6. The van der Waals surface area contributed by atoms with Crippen molar-refractivity contribution in [2.45, 2.75) is 41.5 Å². The maximum Gasteiger partial charge on any atom is 0.244 e. The molecule has 0 spiro atoms. The molecule has 0 saturated heterocycles. The van der Waals surface area contributed by atoms with Gasteiger partial charge in [0.2, 0.25) is 6.71 Å². The van der Waals surface area contributed by atoms with Crippen LogP contribution in [-0.2, 0) is 0 Å². The van der Waals surface area contributed by atoms with Gasteiger partial charge in [0.25, 0.3) is 0 Å². The van der Waals surface area contributed by atoms with Crippen LogP contribution in [0.25, 0.3) is 0 Å².